The van der Waals surface area contributed by atoms with Crippen LogP contribution in [0, 0.1) is 11.3 Å². The van der Waals surface area contributed by atoms with Crippen molar-refractivity contribution in [2.45, 2.75) is 11.8 Å². The van der Waals surface area contributed by atoms with E-state index >= 15 is 0 Å². The highest BCUT2D eigenvalue weighted by Gasteiger charge is 2.10. The summed E-state index contributed by atoms with van der Waals surface area (Å²) in [5.41, 5.74) is 2.36. The van der Waals surface area contributed by atoms with Gasteiger partial charge < -0.3 is 9.64 Å². The Morgan fingerprint density at radius 2 is 2.17 bits per heavy atom. The molecule has 98 valence electrons. The molecule has 18 heavy (non-hydrogen) atoms. The number of alkyl halides is 1. The third-order valence-electron chi connectivity index (χ3n) is 2.59. The number of methoxy groups -OCH3 is 1. The summed E-state index contributed by atoms with van der Waals surface area (Å²) in [5, 5.41) is 9.52. The lowest BCUT2D eigenvalue weighted by molar-refractivity contribution is 0.205. The van der Waals surface area contributed by atoms with E-state index in [0.717, 1.165) is 28.6 Å². The van der Waals surface area contributed by atoms with Crippen LogP contribution in [0.2, 0.25) is 0 Å². The Hall–Kier alpha value is -0.570. The van der Waals surface area contributed by atoms with Crippen molar-refractivity contribution in [2.75, 3.05) is 31.7 Å². The van der Waals surface area contributed by atoms with Gasteiger partial charge in [0.15, 0.2) is 0 Å². The zero-order chi connectivity index (χ0) is 13.4. The molecule has 0 unspecified atom stereocenters. The van der Waals surface area contributed by atoms with Crippen LogP contribution < -0.4 is 4.90 Å². The Kier molecular flexibility index (Phi) is 7.33. The molecule has 1 aromatic carbocycles. The number of benzene rings is 1. The van der Waals surface area contributed by atoms with Gasteiger partial charge in [-0.3, -0.25) is 0 Å². The molecule has 0 aromatic heterocycles. The molecule has 0 saturated carbocycles. The Balaban J connectivity index is 2.92. The van der Waals surface area contributed by atoms with Crippen molar-refractivity contribution in [3.05, 3.63) is 28.2 Å². The molecule has 0 bridgehead atoms. The molecule has 0 N–H and O–H groups in total. The molecule has 0 aliphatic carbocycles. The molecule has 0 saturated heterocycles. The molecule has 0 radical (unpaired) electrons. The Labute approximate surface area is 125 Å². The van der Waals surface area contributed by atoms with Gasteiger partial charge in [-0.2, -0.15) is 5.26 Å². The lowest BCUT2D eigenvalue weighted by Crippen LogP contribution is -2.29. The maximum atomic E-state index is 8.73. The molecule has 0 atom stereocenters. The average Bonchev–Trinajstić information content (AvgIpc) is 2.39. The molecule has 5 heteroatoms. The zero-order valence-corrected chi connectivity index (χ0v) is 13.5. The van der Waals surface area contributed by atoms with Crippen LogP contribution in [0.5, 0.6) is 0 Å². The standard InChI is InChI=1S/C13H16Br2N2O/c1-18-8-7-17(6-2-5-16)13-4-3-12(15)9-11(13)10-14/h3-4,9H,2,6-8,10H2,1H3. The van der Waals surface area contributed by atoms with Crippen molar-refractivity contribution in [3.63, 3.8) is 0 Å². The van der Waals surface area contributed by atoms with E-state index in [1.165, 1.54) is 5.56 Å². The van der Waals surface area contributed by atoms with Gasteiger partial charge in [0.2, 0.25) is 0 Å². The lowest BCUT2D eigenvalue weighted by Gasteiger charge is -2.26. The second kappa shape index (κ2) is 8.52. The first-order valence-corrected chi connectivity index (χ1v) is 7.59. The van der Waals surface area contributed by atoms with Crippen molar-refractivity contribution in [3.8, 4) is 6.07 Å². The van der Waals surface area contributed by atoms with Crippen LogP contribution in [0.25, 0.3) is 0 Å². The average molecular weight is 376 g/mol. The Bertz CT molecular complexity index is 418. The van der Waals surface area contributed by atoms with Crippen molar-refractivity contribution >= 4 is 37.5 Å². The smallest absolute Gasteiger partial charge is 0.0640 e. The molecule has 0 spiro atoms. The van der Waals surface area contributed by atoms with Crippen molar-refractivity contribution in [2.24, 2.45) is 0 Å². The predicted octanol–water partition coefficient (Wildman–Crippen LogP) is 3.71. The molecule has 0 fully saturated rings. The fourth-order valence-electron chi connectivity index (χ4n) is 1.71. The first-order chi connectivity index (χ1) is 8.72. The summed E-state index contributed by atoms with van der Waals surface area (Å²) >= 11 is 6.98. The van der Waals surface area contributed by atoms with Gasteiger partial charge in [0, 0.05) is 35.7 Å². The van der Waals surface area contributed by atoms with Crippen molar-refractivity contribution in [1.82, 2.24) is 0 Å². The normalized spacial score (nSPS) is 10.1. The summed E-state index contributed by atoms with van der Waals surface area (Å²) < 4.78 is 6.19. The minimum atomic E-state index is 0.515. The van der Waals surface area contributed by atoms with Crippen LogP contribution in [-0.4, -0.2) is 26.8 Å². The number of anilines is 1. The monoisotopic (exact) mass is 374 g/mol. The number of hydrogen-bond acceptors (Lipinski definition) is 3. The highest BCUT2D eigenvalue weighted by atomic mass is 79.9. The SMILES string of the molecule is COCCN(CCC#N)c1ccc(Br)cc1CBr. The second-order valence-electron chi connectivity index (χ2n) is 3.79. The summed E-state index contributed by atoms with van der Waals surface area (Å²) in [5.74, 6) is 0. The van der Waals surface area contributed by atoms with E-state index in [0.29, 0.717) is 13.0 Å². The lowest BCUT2D eigenvalue weighted by atomic mass is 10.1. The van der Waals surface area contributed by atoms with Gasteiger partial charge in [-0.25, -0.2) is 0 Å². The molecular formula is C13H16Br2N2O. The maximum Gasteiger partial charge on any atom is 0.0640 e. The molecule has 0 heterocycles. The van der Waals surface area contributed by atoms with Crippen molar-refractivity contribution in [1.29, 1.82) is 5.26 Å². The second-order valence-corrected chi connectivity index (χ2v) is 5.27. The third-order valence-corrected chi connectivity index (χ3v) is 3.68. The summed E-state index contributed by atoms with van der Waals surface area (Å²) in [4.78, 5) is 2.19. The Morgan fingerprint density at radius 1 is 1.39 bits per heavy atom. The number of rotatable bonds is 7. The van der Waals surface area contributed by atoms with E-state index < -0.39 is 0 Å². The van der Waals surface area contributed by atoms with Crippen LogP contribution in [0.4, 0.5) is 5.69 Å². The Morgan fingerprint density at radius 3 is 2.78 bits per heavy atom. The molecule has 0 aliphatic heterocycles. The van der Waals surface area contributed by atoms with E-state index in [9.17, 15) is 0 Å². The van der Waals surface area contributed by atoms with E-state index in [2.05, 4.69) is 55.0 Å². The van der Waals surface area contributed by atoms with E-state index in [1.54, 1.807) is 7.11 Å². The van der Waals surface area contributed by atoms with Crippen LogP contribution in [0.1, 0.15) is 12.0 Å². The number of halogens is 2. The van der Waals surface area contributed by atoms with E-state index in [-0.39, 0.29) is 0 Å². The topological polar surface area (TPSA) is 36.3 Å². The molecule has 1 rings (SSSR count). The van der Waals surface area contributed by atoms with Gasteiger partial charge in [-0.15, -0.1) is 0 Å². The minimum Gasteiger partial charge on any atom is -0.383 e. The van der Waals surface area contributed by atoms with E-state index in [4.69, 9.17) is 10.00 Å². The van der Waals surface area contributed by atoms with Gasteiger partial charge in [0.05, 0.1) is 19.1 Å². The fraction of sp³-hybridized carbons (Fsp3) is 0.462. The molecular weight excluding hydrogens is 360 g/mol. The van der Waals surface area contributed by atoms with Gasteiger partial charge >= 0.3 is 0 Å². The maximum absolute atomic E-state index is 8.73. The first-order valence-electron chi connectivity index (χ1n) is 5.68. The number of ether oxygens (including phenoxy) is 1. The highest BCUT2D eigenvalue weighted by molar-refractivity contribution is 9.10. The number of hydrogen-bond donors (Lipinski definition) is 0. The third kappa shape index (κ3) is 4.60. The molecule has 0 aliphatic rings. The summed E-state index contributed by atoms with van der Waals surface area (Å²) in [7, 11) is 1.69. The van der Waals surface area contributed by atoms with Crippen LogP contribution in [0.3, 0.4) is 0 Å². The molecule has 3 nitrogen and oxygen atoms in total. The van der Waals surface area contributed by atoms with Gasteiger partial charge in [0.1, 0.15) is 0 Å². The highest BCUT2D eigenvalue weighted by Crippen LogP contribution is 2.26. The van der Waals surface area contributed by atoms with Gasteiger partial charge in [-0.1, -0.05) is 31.9 Å². The zero-order valence-electron chi connectivity index (χ0n) is 10.3. The summed E-state index contributed by atoms with van der Waals surface area (Å²) in [6.45, 7) is 2.17. The molecule has 1 aromatic rings. The summed E-state index contributed by atoms with van der Waals surface area (Å²) in [6.07, 6.45) is 0.515. The number of nitriles is 1. The quantitative estimate of drug-likeness (QED) is 0.681. The molecule has 0 amide bonds. The van der Waals surface area contributed by atoms with Crippen LogP contribution >= 0.6 is 31.9 Å². The van der Waals surface area contributed by atoms with E-state index in [1.807, 2.05) is 6.07 Å². The first kappa shape index (κ1) is 15.5. The number of nitrogens with zero attached hydrogens (tertiary/aromatic N) is 2. The summed E-state index contributed by atoms with van der Waals surface area (Å²) in [6, 6.07) is 8.38. The van der Waals surface area contributed by atoms with Crippen molar-refractivity contribution < 1.29 is 4.74 Å². The van der Waals surface area contributed by atoms with Crippen LogP contribution in [0.15, 0.2) is 22.7 Å². The fourth-order valence-corrected chi connectivity index (χ4v) is 2.57. The largest absolute Gasteiger partial charge is 0.383 e. The van der Waals surface area contributed by atoms with Gasteiger partial charge in [-0.05, 0) is 23.8 Å². The predicted molar refractivity (Wildman–Crippen MR) is 81.1 cm³/mol. The minimum absolute atomic E-state index is 0.515. The van der Waals surface area contributed by atoms with Gasteiger partial charge in [0.25, 0.3) is 0 Å². The van der Waals surface area contributed by atoms with Crippen LogP contribution in [-0.2, 0) is 10.1 Å².